The van der Waals surface area contributed by atoms with E-state index < -0.39 is 18.4 Å². The molecule has 1 aromatic carbocycles. The fourth-order valence-corrected chi connectivity index (χ4v) is 1.91. The van der Waals surface area contributed by atoms with E-state index in [9.17, 15) is 14.7 Å². The second-order valence-corrected chi connectivity index (χ2v) is 4.56. The Bertz CT molecular complexity index is 673. The molecule has 1 heterocycles. The van der Waals surface area contributed by atoms with Gasteiger partial charge >= 0.3 is 5.97 Å². The number of aromatic nitrogens is 1. The third kappa shape index (κ3) is 3.70. The highest BCUT2D eigenvalue weighted by Gasteiger charge is 2.20. The number of hydrogen-bond acceptors (Lipinski definition) is 4. The molecule has 0 saturated carbocycles. The van der Waals surface area contributed by atoms with Gasteiger partial charge in [0.05, 0.1) is 0 Å². The van der Waals surface area contributed by atoms with Gasteiger partial charge in [0.25, 0.3) is 5.91 Å². The van der Waals surface area contributed by atoms with Crippen molar-refractivity contribution in [3.8, 4) is 5.75 Å². The molecule has 0 spiro atoms. The molecule has 0 atom stereocenters. The molecule has 21 heavy (non-hydrogen) atoms. The fraction of sp³-hybridized carbons (Fsp3) is 0.0714. The van der Waals surface area contributed by atoms with Crippen molar-refractivity contribution in [1.82, 2.24) is 4.98 Å². The van der Waals surface area contributed by atoms with Crippen molar-refractivity contribution in [2.24, 2.45) is 0 Å². The van der Waals surface area contributed by atoms with E-state index in [0.717, 1.165) is 4.90 Å². The number of pyridine rings is 1. The summed E-state index contributed by atoms with van der Waals surface area (Å²) >= 11 is 5.73. The second kappa shape index (κ2) is 6.23. The van der Waals surface area contributed by atoms with E-state index >= 15 is 0 Å². The zero-order chi connectivity index (χ0) is 15.4. The molecule has 0 aliphatic rings. The molecule has 1 aromatic heterocycles. The van der Waals surface area contributed by atoms with Gasteiger partial charge in [0.15, 0.2) is 0 Å². The number of carbonyl (C=O) groups is 2. The Morgan fingerprint density at radius 1 is 1.19 bits per heavy atom. The van der Waals surface area contributed by atoms with Gasteiger partial charge in [-0.2, -0.15) is 0 Å². The molecule has 7 heteroatoms. The van der Waals surface area contributed by atoms with Crippen LogP contribution in [0.3, 0.4) is 0 Å². The predicted molar refractivity (Wildman–Crippen MR) is 76.7 cm³/mol. The molecule has 1 amide bonds. The quantitative estimate of drug-likeness (QED) is 0.845. The van der Waals surface area contributed by atoms with Crippen LogP contribution in [-0.2, 0) is 4.79 Å². The Hall–Kier alpha value is -2.60. The molecule has 108 valence electrons. The molecule has 0 aliphatic heterocycles. The summed E-state index contributed by atoms with van der Waals surface area (Å²) in [5.41, 5.74) is 0.581. The number of carboxylic acids is 1. The first kappa shape index (κ1) is 14.8. The summed E-state index contributed by atoms with van der Waals surface area (Å²) in [4.78, 5) is 28.3. The van der Waals surface area contributed by atoms with E-state index in [0.29, 0.717) is 5.69 Å². The summed E-state index contributed by atoms with van der Waals surface area (Å²) in [7, 11) is 0. The average molecular weight is 307 g/mol. The Morgan fingerprint density at radius 3 is 2.43 bits per heavy atom. The molecule has 0 saturated heterocycles. The van der Waals surface area contributed by atoms with Crippen molar-refractivity contribution in [3.05, 3.63) is 53.3 Å². The average Bonchev–Trinajstić information content (AvgIpc) is 2.45. The maximum absolute atomic E-state index is 12.4. The van der Waals surface area contributed by atoms with Crippen LogP contribution in [0.5, 0.6) is 5.75 Å². The summed E-state index contributed by atoms with van der Waals surface area (Å²) in [6.45, 7) is -0.510. The third-order valence-electron chi connectivity index (χ3n) is 2.67. The van der Waals surface area contributed by atoms with Crippen LogP contribution in [0.25, 0.3) is 0 Å². The van der Waals surface area contributed by atoms with Gasteiger partial charge in [0.1, 0.15) is 17.4 Å². The Morgan fingerprint density at radius 2 is 1.86 bits per heavy atom. The van der Waals surface area contributed by atoms with Crippen molar-refractivity contribution in [3.63, 3.8) is 0 Å². The number of anilines is 1. The Balaban J connectivity index is 2.38. The molecule has 2 N–H and O–H groups in total. The number of carboxylic acid groups (broad SMARTS) is 1. The van der Waals surface area contributed by atoms with Gasteiger partial charge < -0.3 is 10.2 Å². The lowest BCUT2D eigenvalue weighted by Crippen LogP contribution is -2.35. The van der Waals surface area contributed by atoms with Crippen LogP contribution in [0.4, 0.5) is 5.69 Å². The number of carbonyl (C=O) groups excluding carboxylic acids is 1. The minimum atomic E-state index is -1.16. The highest BCUT2D eigenvalue weighted by Crippen LogP contribution is 2.21. The number of benzene rings is 1. The van der Waals surface area contributed by atoms with Crippen LogP contribution in [0, 0.1) is 0 Å². The first-order valence-corrected chi connectivity index (χ1v) is 6.29. The van der Waals surface area contributed by atoms with E-state index in [1.165, 1.54) is 42.6 Å². The predicted octanol–water partition coefficient (Wildman–Crippen LogP) is 2.17. The van der Waals surface area contributed by atoms with Gasteiger partial charge in [-0.15, -0.1) is 0 Å². The summed E-state index contributed by atoms with van der Waals surface area (Å²) in [5.74, 6) is -1.66. The van der Waals surface area contributed by atoms with Crippen molar-refractivity contribution >= 4 is 29.2 Å². The highest BCUT2D eigenvalue weighted by molar-refractivity contribution is 6.29. The van der Waals surface area contributed by atoms with Crippen molar-refractivity contribution in [2.75, 3.05) is 11.4 Å². The zero-order valence-electron chi connectivity index (χ0n) is 10.7. The van der Waals surface area contributed by atoms with Gasteiger partial charge in [-0.25, -0.2) is 4.98 Å². The molecule has 0 fully saturated rings. The number of nitrogens with zero attached hydrogens (tertiary/aromatic N) is 2. The maximum Gasteiger partial charge on any atom is 0.323 e. The van der Waals surface area contributed by atoms with Gasteiger partial charge in [-0.1, -0.05) is 11.6 Å². The number of halogens is 1. The van der Waals surface area contributed by atoms with Gasteiger partial charge in [0.2, 0.25) is 0 Å². The molecule has 0 bridgehead atoms. The standard InChI is InChI=1S/C14H11ClN2O4/c15-12-7-9(5-6-16-12)14(21)17(8-13(19)20)10-1-3-11(18)4-2-10/h1-7,18H,8H2,(H,19,20). The lowest BCUT2D eigenvalue weighted by molar-refractivity contribution is -0.135. The molecule has 0 unspecified atom stereocenters. The molecule has 2 rings (SSSR count). The highest BCUT2D eigenvalue weighted by atomic mass is 35.5. The van der Waals surface area contributed by atoms with Crippen molar-refractivity contribution in [1.29, 1.82) is 0 Å². The number of aliphatic carboxylic acids is 1. The van der Waals surface area contributed by atoms with Crippen LogP contribution >= 0.6 is 11.6 Å². The summed E-state index contributed by atoms with van der Waals surface area (Å²) in [5, 5.41) is 18.4. The van der Waals surface area contributed by atoms with E-state index in [2.05, 4.69) is 4.98 Å². The van der Waals surface area contributed by atoms with Gasteiger partial charge in [-0.05, 0) is 36.4 Å². The number of hydrogen-bond donors (Lipinski definition) is 2. The second-order valence-electron chi connectivity index (χ2n) is 4.17. The molecule has 2 aromatic rings. The van der Waals surface area contributed by atoms with E-state index in [1.54, 1.807) is 0 Å². The minimum Gasteiger partial charge on any atom is -0.508 e. The van der Waals surface area contributed by atoms with E-state index in [-0.39, 0.29) is 16.5 Å². The van der Waals surface area contributed by atoms with E-state index in [1.807, 2.05) is 0 Å². The van der Waals surface area contributed by atoms with Crippen LogP contribution in [0.15, 0.2) is 42.6 Å². The van der Waals surface area contributed by atoms with Crippen LogP contribution < -0.4 is 4.90 Å². The zero-order valence-corrected chi connectivity index (χ0v) is 11.5. The lowest BCUT2D eigenvalue weighted by Gasteiger charge is -2.21. The Kier molecular flexibility index (Phi) is 4.39. The molecule has 6 nitrogen and oxygen atoms in total. The van der Waals surface area contributed by atoms with E-state index in [4.69, 9.17) is 16.7 Å². The van der Waals surface area contributed by atoms with Crippen LogP contribution in [0.1, 0.15) is 10.4 Å². The van der Waals surface area contributed by atoms with Crippen LogP contribution in [-0.4, -0.2) is 33.6 Å². The molecular weight excluding hydrogens is 296 g/mol. The number of phenolic OH excluding ortho intramolecular Hbond substituents is 1. The SMILES string of the molecule is O=C(O)CN(C(=O)c1ccnc(Cl)c1)c1ccc(O)cc1. The summed E-state index contributed by atoms with van der Waals surface area (Å²) < 4.78 is 0. The fourth-order valence-electron chi connectivity index (χ4n) is 1.74. The monoisotopic (exact) mass is 306 g/mol. The first-order valence-electron chi connectivity index (χ1n) is 5.91. The first-order chi connectivity index (χ1) is 9.97. The molecular formula is C14H11ClN2O4. The Labute approximate surface area is 125 Å². The normalized spacial score (nSPS) is 10.1. The smallest absolute Gasteiger partial charge is 0.323 e. The molecule has 0 radical (unpaired) electrons. The topological polar surface area (TPSA) is 90.7 Å². The summed E-state index contributed by atoms with van der Waals surface area (Å²) in [6.07, 6.45) is 1.37. The van der Waals surface area contributed by atoms with Crippen LogP contribution in [0.2, 0.25) is 5.15 Å². The lowest BCUT2D eigenvalue weighted by atomic mass is 10.2. The van der Waals surface area contributed by atoms with Crippen molar-refractivity contribution in [2.45, 2.75) is 0 Å². The number of rotatable bonds is 4. The third-order valence-corrected chi connectivity index (χ3v) is 2.88. The minimum absolute atomic E-state index is 0.0217. The summed E-state index contributed by atoms with van der Waals surface area (Å²) in [6, 6.07) is 8.47. The van der Waals surface area contributed by atoms with Crippen molar-refractivity contribution < 1.29 is 19.8 Å². The number of phenols is 1. The number of amides is 1. The largest absolute Gasteiger partial charge is 0.508 e. The number of aromatic hydroxyl groups is 1. The van der Waals surface area contributed by atoms with Gasteiger partial charge in [0, 0.05) is 17.4 Å². The maximum atomic E-state index is 12.4. The van der Waals surface area contributed by atoms with Gasteiger partial charge in [-0.3, -0.25) is 14.5 Å². The molecule has 0 aliphatic carbocycles.